The molecule has 0 spiro atoms. The maximum atomic E-state index is 12.3. The molecule has 0 unspecified atom stereocenters. The van der Waals surface area contributed by atoms with Crippen molar-refractivity contribution in [2.24, 2.45) is 5.92 Å². The molecule has 0 radical (unpaired) electrons. The van der Waals surface area contributed by atoms with Gasteiger partial charge in [0.25, 0.3) is 0 Å². The molecule has 3 N–H and O–H groups in total. The van der Waals surface area contributed by atoms with Gasteiger partial charge >= 0.3 is 0 Å². The molecular formula is C17H21N3O2. The normalized spacial score (nSPS) is 23.2. The van der Waals surface area contributed by atoms with Crippen LogP contribution in [0.3, 0.4) is 0 Å². The van der Waals surface area contributed by atoms with Crippen LogP contribution >= 0.6 is 0 Å². The van der Waals surface area contributed by atoms with Crippen molar-refractivity contribution < 1.29 is 9.59 Å². The average molecular weight is 299 g/mol. The summed E-state index contributed by atoms with van der Waals surface area (Å²) in [4.78, 5) is 27.7. The first-order valence-corrected chi connectivity index (χ1v) is 7.76. The van der Waals surface area contributed by atoms with E-state index in [0.717, 1.165) is 22.9 Å². The van der Waals surface area contributed by atoms with E-state index in [1.54, 1.807) is 0 Å². The van der Waals surface area contributed by atoms with Crippen LogP contribution in [0, 0.1) is 5.92 Å². The number of nitrogens with one attached hydrogen (secondary N) is 3. The molecule has 1 aliphatic rings. The maximum Gasteiger partial charge on any atom is 0.243 e. The molecule has 116 valence electrons. The van der Waals surface area contributed by atoms with E-state index in [2.05, 4.69) is 15.6 Å². The van der Waals surface area contributed by atoms with Crippen LogP contribution in [0.5, 0.6) is 0 Å². The summed E-state index contributed by atoms with van der Waals surface area (Å²) >= 11 is 0. The van der Waals surface area contributed by atoms with Crippen molar-refractivity contribution in [2.75, 3.05) is 0 Å². The van der Waals surface area contributed by atoms with Crippen LogP contribution in [0.2, 0.25) is 0 Å². The predicted molar refractivity (Wildman–Crippen MR) is 85.3 cm³/mol. The number of rotatable bonds is 4. The highest BCUT2D eigenvalue weighted by Crippen LogP contribution is 2.20. The zero-order chi connectivity index (χ0) is 15.7. The zero-order valence-electron chi connectivity index (χ0n) is 12.8. The van der Waals surface area contributed by atoms with Gasteiger partial charge in [0, 0.05) is 23.5 Å². The average Bonchev–Trinajstić information content (AvgIpc) is 2.93. The van der Waals surface area contributed by atoms with Crippen LogP contribution in [0.1, 0.15) is 25.8 Å². The van der Waals surface area contributed by atoms with E-state index in [0.29, 0.717) is 6.42 Å². The molecule has 1 aromatic carbocycles. The minimum Gasteiger partial charge on any atom is -0.361 e. The summed E-state index contributed by atoms with van der Waals surface area (Å²) in [6, 6.07) is 7.03. The van der Waals surface area contributed by atoms with E-state index in [1.807, 2.05) is 44.3 Å². The van der Waals surface area contributed by atoms with Crippen LogP contribution in [0.4, 0.5) is 0 Å². The highest BCUT2D eigenvalue weighted by molar-refractivity contribution is 5.97. The Kier molecular flexibility index (Phi) is 3.88. The summed E-state index contributed by atoms with van der Waals surface area (Å²) in [6.45, 7) is 3.99. The maximum absolute atomic E-state index is 12.3. The zero-order valence-corrected chi connectivity index (χ0v) is 12.8. The first kappa shape index (κ1) is 14.6. The van der Waals surface area contributed by atoms with E-state index < -0.39 is 12.1 Å². The first-order chi connectivity index (χ1) is 10.6. The van der Waals surface area contributed by atoms with Gasteiger partial charge < -0.3 is 15.6 Å². The highest BCUT2D eigenvalue weighted by Gasteiger charge is 2.36. The quantitative estimate of drug-likeness (QED) is 0.804. The molecule has 1 saturated heterocycles. The number of carbonyl (C=O) groups is 2. The van der Waals surface area contributed by atoms with Gasteiger partial charge in [-0.2, -0.15) is 0 Å². The van der Waals surface area contributed by atoms with E-state index in [4.69, 9.17) is 0 Å². The summed E-state index contributed by atoms with van der Waals surface area (Å²) in [5.74, 6) is -0.0491. The molecule has 5 nitrogen and oxygen atoms in total. The van der Waals surface area contributed by atoms with E-state index >= 15 is 0 Å². The van der Waals surface area contributed by atoms with Gasteiger partial charge in [-0.15, -0.1) is 0 Å². The Morgan fingerprint density at radius 3 is 2.68 bits per heavy atom. The molecule has 3 rings (SSSR count). The van der Waals surface area contributed by atoms with E-state index in [1.165, 1.54) is 0 Å². The fraction of sp³-hybridized carbons (Fsp3) is 0.412. The molecule has 2 heterocycles. The first-order valence-electron chi connectivity index (χ1n) is 7.76. The summed E-state index contributed by atoms with van der Waals surface area (Å²) in [5, 5.41) is 6.83. The second-order valence-electron chi connectivity index (χ2n) is 6.00. The van der Waals surface area contributed by atoms with Gasteiger partial charge in [0.05, 0.1) is 0 Å². The minimum absolute atomic E-state index is 0.0845. The van der Waals surface area contributed by atoms with Gasteiger partial charge in [0.15, 0.2) is 0 Å². The predicted octanol–water partition coefficient (Wildman–Crippen LogP) is 1.74. The lowest BCUT2D eigenvalue weighted by atomic mass is 9.94. The molecule has 22 heavy (non-hydrogen) atoms. The molecule has 0 saturated carbocycles. The highest BCUT2D eigenvalue weighted by atomic mass is 16.2. The number of aromatic amines is 1. The lowest BCUT2D eigenvalue weighted by Gasteiger charge is -2.32. The lowest BCUT2D eigenvalue weighted by Crippen LogP contribution is -2.63. The third-order valence-electron chi connectivity index (χ3n) is 4.53. The number of fused-ring (bicyclic) bond motifs is 1. The summed E-state index contributed by atoms with van der Waals surface area (Å²) < 4.78 is 0. The largest absolute Gasteiger partial charge is 0.361 e. The molecule has 2 amide bonds. The van der Waals surface area contributed by atoms with E-state index in [-0.39, 0.29) is 17.7 Å². The molecule has 0 aliphatic carbocycles. The van der Waals surface area contributed by atoms with Gasteiger partial charge in [-0.1, -0.05) is 38.5 Å². The third-order valence-corrected chi connectivity index (χ3v) is 4.53. The Labute approximate surface area is 129 Å². The Balaban J connectivity index is 1.76. The monoisotopic (exact) mass is 299 g/mol. The van der Waals surface area contributed by atoms with Crippen molar-refractivity contribution in [1.82, 2.24) is 15.6 Å². The topological polar surface area (TPSA) is 74.0 Å². The lowest BCUT2D eigenvalue weighted by molar-refractivity contribution is -0.138. The number of para-hydroxylation sites is 1. The smallest absolute Gasteiger partial charge is 0.243 e. The van der Waals surface area contributed by atoms with Gasteiger partial charge in [0.1, 0.15) is 12.1 Å². The van der Waals surface area contributed by atoms with Gasteiger partial charge in [-0.25, -0.2) is 0 Å². The molecule has 3 atom stereocenters. The number of H-pyrrole nitrogens is 1. The molecule has 5 heteroatoms. The van der Waals surface area contributed by atoms with Crippen LogP contribution in [-0.2, 0) is 16.0 Å². The summed E-state index contributed by atoms with van der Waals surface area (Å²) in [5.41, 5.74) is 2.08. The van der Waals surface area contributed by atoms with Crippen LogP contribution in [0.25, 0.3) is 10.9 Å². The Morgan fingerprint density at radius 1 is 1.14 bits per heavy atom. The number of hydrogen-bond donors (Lipinski definition) is 3. The number of piperazine rings is 1. The number of benzene rings is 1. The molecule has 1 aromatic heterocycles. The fourth-order valence-electron chi connectivity index (χ4n) is 2.95. The Bertz CT molecular complexity index is 707. The van der Waals surface area contributed by atoms with Crippen LogP contribution in [0.15, 0.2) is 30.5 Å². The van der Waals surface area contributed by atoms with Crippen molar-refractivity contribution >= 4 is 22.7 Å². The van der Waals surface area contributed by atoms with E-state index in [9.17, 15) is 9.59 Å². The number of hydrogen-bond acceptors (Lipinski definition) is 2. The van der Waals surface area contributed by atoms with Gasteiger partial charge in [-0.3, -0.25) is 9.59 Å². The minimum atomic E-state index is -0.507. The van der Waals surface area contributed by atoms with Crippen molar-refractivity contribution in [3.05, 3.63) is 36.0 Å². The van der Waals surface area contributed by atoms with Crippen molar-refractivity contribution in [1.29, 1.82) is 0 Å². The molecule has 1 fully saturated rings. The number of carbonyl (C=O) groups excluding carboxylic acids is 2. The second kappa shape index (κ2) is 5.83. The summed E-state index contributed by atoms with van der Waals surface area (Å²) in [6.07, 6.45) is 3.26. The van der Waals surface area contributed by atoms with Crippen LogP contribution < -0.4 is 10.6 Å². The number of aromatic nitrogens is 1. The SMILES string of the molecule is CC[C@@H](C)[C@H]1NC(=O)[C@H](Cc2c[nH]c3ccccc23)NC1=O. The molecule has 2 aromatic rings. The molecule has 1 aliphatic heterocycles. The van der Waals surface area contributed by atoms with Crippen molar-refractivity contribution in [3.8, 4) is 0 Å². The van der Waals surface area contributed by atoms with Crippen molar-refractivity contribution in [3.63, 3.8) is 0 Å². The van der Waals surface area contributed by atoms with Crippen LogP contribution in [-0.4, -0.2) is 28.9 Å². The number of amides is 2. The third kappa shape index (κ3) is 2.58. The second-order valence-corrected chi connectivity index (χ2v) is 6.00. The Morgan fingerprint density at radius 2 is 1.91 bits per heavy atom. The van der Waals surface area contributed by atoms with Gasteiger partial charge in [-0.05, 0) is 17.5 Å². The molecular weight excluding hydrogens is 278 g/mol. The summed E-state index contributed by atoms with van der Waals surface area (Å²) in [7, 11) is 0. The molecule has 0 bridgehead atoms. The van der Waals surface area contributed by atoms with Crippen molar-refractivity contribution in [2.45, 2.75) is 38.8 Å². The Hall–Kier alpha value is -2.30. The fourth-order valence-corrected chi connectivity index (χ4v) is 2.95. The van der Waals surface area contributed by atoms with Gasteiger partial charge in [0.2, 0.25) is 11.8 Å². The standard InChI is InChI=1S/C17H21N3O2/c1-3-10(2)15-17(22)19-14(16(21)20-15)8-11-9-18-13-7-5-4-6-12(11)13/h4-7,9-10,14-15,18H,3,8H2,1-2H3,(H,19,22)(H,20,21)/t10-,14+,15-/m1/s1.